The van der Waals surface area contributed by atoms with Gasteiger partial charge in [0.25, 0.3) is 0 Å². The van der Waals surface area contributed by atoms with Crippen molar-refractivity contribution < 1.29 is 25.9 Å². The third-order valence-electron chi connectivity index (χ3n) is 13.9. The largest absolute Gasteiger partial charge is 0.501 e. The van der Waals surface area contributed by atoms with E-state index in [1.807, 2.05) is 50.4 Å². The Labute approximate surface area is 424 Å². The molecule has 6 heteroatoms. The predicted octanol–water partition coefficient (Wildman–Crippen LogP) is 16.8. The summed E-state index contributed by atoms with van der Waals surface area (Å²) in [5, 5.41) is 3.54. The molecule has 349 valence electrons. The van der Waals surface area contributed by atoms with Crippen LogP contribution in [0.4, 0.5) is 0 Å². The molecule has 0 fully saturated rings. The number of fused-ring (bicyclic) bond motifs is 8. The third-order valence-corrected chi connectivity index (χ3v) is 15.9. The van der Waals surface area contributed by atoms with Crippen LogP contribution in [0.25, 0.3) is 83.6 Å². The first-order chi connectivity index (χ1) is 32.9. The van der Waals surface area contributed by atoms with Gasteiger partial charge in [-0.1, -0.05) is 170 Å². The molecule has 0 aliphatic heterocycles. The van der Waals surface area contributed by atoms with Crippen LogP contribution in [0.1, 0.15) is 102 Å². The Morgan fingerprint density at radius 2 is 1.36 bits per heavy atom. The van der Waals surface area contributed by atoms with Gasteiger partial charge >= 0.3 is 0 Å². The predicted molar refractivity (Wildman–Crippen MR) is 289 cm³/mol. The van der Waals surface area contributed by atoms with E-state index in [0.717, 1.165) is 55.8 Å². The summed E-state index contributed by atoms with van der Waals surface area (Å²) in [5.74, 6) is 0.797. The first kappa shape index (κ1) is 46.6. The second-order valence-corrected chi connectivity index (χ2v) is 25.8. The van der Waals surface area contributed by atoms with Crippen LogP contribution in [-0.2, 0) is 25.5 Å². The Hall–Kier alpha value is -6.17. The number of imidazole rings is 1. The van der Waals surface area contributed by atoms with Gasteiger partial charge in [0.1, 0.15) is 5.58 Å². The van der Waals surface area contributed by atoms with Crippen LogP contribution in [0.5, 0.6) is 0 Å². The van der Waals surface area contributed by atoms with Crippen LogP contribution in [0.3, 0.4) is 0 Å². The number of nitrogens with zero attached hydrogens (tertiary/aromatic N) is 3. The summed E-state index contributed by atoms with van der Waals surface area (Å²) in [6.45, 7) is 24.6. The van der Waals surface area contributed by atoms with Crippen LogP contribution in [0.15, 0.2) is 156 Å². The molecule has 3 aromatic heterocycles. The minimum absolute atomic E-state index is 0. The van der Waals surface area contributed by atoms with Gasteiger partial charge in [-0.2, -0.15) is 0 Å². The molecule has 10 aromatic rings. The van der Waals surface area contributed by atoms with Crippen LogP contribution >= 0.6 is 0 Å². The molecule has 0 amide bonds. The molecule has 0 atom stereocenters. The number of pyridine rings is 1. The van der Waals surface area contributed by atoms with Crippen molar-refractivity contribution in [1.82, 2.24) is 14.5 Å². The molecule has 1 radical (unpaired) electrons. The molecule has 0 saturated carbocycles. The number of para-hydroxylation sites is 2. The van der Waals surface area contributed by atoms with Gasteiger partial charge in [0, 0.05) is 44.2 Å². The van der Waals surface area contributed by atoms with Crippen molar-refractivity contribution in [3.8, 4) is 50.6 Å². The molecule has 4 nitrogen and oxygen atoms in total. The molecule has 11 rings (SSSR count). The van der Waals surface area contributed by atoms with Gasteiger partial charge in [0.05, 0.1) is 30.5 Å². The van der Waals surface area contributed by atoms with Crippen molar-refractivity contribution in [3.63, 3.8) is 0 Å². The zero-order chi connectivity index (χ0) is 48.6. The first-order valence-corrected chi connectivity index (χ1v) is 27.6. The number of furan rings is 1. The van der Waals surface area contributed by atoms with Gasteiger partial charge in [-0.15, -0.1) is 54.1 Å². The molecule has 7 aromatic carbocycles. The molecule has 3 heterocycles. The molecule has 0 N–H and O–H groups in total. The van der Waals surface area contributed by atoms with E-state index in [9.17, 15) is 0 Å². The van der Waals surface area contributed by atoms with E-state index in [4.69, 9.17) is 10.8 Å². The molecule has 1 aliphatic carbocycles. The summed E-state index contributed by atoms with van der Waals surface area (Å²) in [6, 6.07) is 58.2. The Balaban J connectivity index is 0.000000244. The number of rotatable bonds is 8. The maximum Gasteiger partial charge on any atom is 0.121 e. The van der Waals surface area contributed by atoms with Crippen molar-refractivity contribution in [3.05, 3.63) is 192 Å². The Bertz CT molecular complexity index is 3530. The minimum atomic E-state index is -1.50. The zero-order valence-corrected chi connectivity index (χ0v) is 45.1. The average molecular weight is 1100 g/mol. The third kappa shape index (κ3) is 8.45. The van der Waals surface area contributed by atoms with Crippen LogP contribution in [-0.4, -0.2) is 22.6 Å². The van der Waals surface area contributed by atoms with E-state index in [-0.39, 0.29) is 37.4 Å². The van der Waals surface area contributed by atoms with Gasteiger partial charge in [-0.3, -0.25) is 4.98 Å². The fraction of sp³-hybridized carbons (Fsp3) is 0.238. The summed E-state index contributed by atoms with van der Waals surface area (Å²) in [4.78, 5) is 9.97. The maximum atomic E-state index is 8.44. The van der Waals surface area contributed by atoms with E-state index in [0.29, 0.717) is 0 Å². The quantitative estimate of drug-likeness (QED) is 0.112. The standard InChI is InChI=1S/C46H39N2O.C17H22NSi.Ir/c1-27(2)34-25-30(29-15-8-7-9-16-29)26-35(28(3)4)43(34)48-39-22-13-12-21-38(39)47-45(48)33-19-14-18-32-42-40(49-44(32)33)24-23-37-41(42)31-17-10-11-20-36(31)46(37,5)6;1-13(2)15-11-16(14-9-7-6-8-10-14)18-12-17(15)19(3,4)5;/h7-18,20-28H,1-6H3;6-9,11-13H,1-5H3;/q2*-1;/i;13D;. The SMILES string of the molecule is CC(C)c1cc(-c2ccccc2)cc(C(C)C)c1-n1c(-c2[c-]ccc3c2oc2ccc4c(c23)-c2ccccc2C4(C)C)nc2ccccc21.[2H]C(C)(C)c1cc(-c2[c-]cccc2)ncc1[Si](C)(C)C.[Ir]. The molecule has 0 unspecified atom stereocenters. The molecule has 0 bridgehead atoms. The molecular weight excluding hydrogens is 1040 g/mol. The van der Waals surface area contributed by atoms with Gasteiger partial charge in [0.15, 0.2) is 0 Å². The first-order valence-electron chi connectivity index (χ1n) is 24.6. The van der Waals surface area contributed by atoms with Crippen molar-refractivity contribution in [2.45, 2.75) is 98.2 Å². The maximum absolute atomic E-state index is 8.44. The van der Waals surface area contributed by atoms with Gasteiger partial charge < -0.3 is 14.0 Å². The molecular formula is C63H61IrN3OSi-2. The number of benzene rings is 7. The van der Waals surface area contributed by atoms with E-state index in [2.05, 4.69) is 198 Å². The second-order valence-electron chi connectivity index (χ2n) is 20.8. The fourth-order valence-electron chi connectivity index (χ4n) is 10.4. The van der Waals surface area contributed by atoms with Crippen molar-refractivity contribution in [2.24, 2.45) is 0 Å². The average Bonchev–Trinajstić information content (AvgIpc) is 3.99. The summed E-state index contributed by atoms with van der Waals surface area (Å²) in [6.07, 6.45) is 1.98. The monoisotopic (exact) mass is 1100 g/mol. The Morgan fingerprint density at radius 3 is 2.04 bits per heavy atom. The van der Waals surface area contributed by atoms with Crippen LogP contribution in [0.2, 0.25) is 19.6 Å². The molecule has 69 heavy (non-hydrogen) atoms. The molecule has 0 saturated heterocycles. The smallest absolute Gasteiger partial charge is 0.121 e. The second kappa shape index (κ2) is 18.6. The van der Waals surface area contributed by atoms with Gasteiger partial charge in [-0.25, -0.2) is 0 Å². The summed E-state index contributed by atoms with van der Waals surface area (Å²) in [5.41, 5.74) is 19.0. The fourth-order valence-corrected chi connectivity index (χ4v) is 12.0. The normalized spacial score (nSPS) is 13.3. The summed E-state index contributed by atoms with van der Waals surface area (Å²) in [7, 11) is -1.50. The number of aromatic nitrogens is 3. The van der Waals surface area contributed by atoms with E-state index in [1.54, 1.807) is 0 Å². The van der Waals surface area contributed by atoms with Gasteiger partial charge in [0.2, 0.25) is 0 Å². The van der Waals surface area contributed by atoms with Crippen LogP contribution in [0, 0.1) is 12.1 Å². The van der Waals surface area contributed by atoms with E-state index < -0.39 is 14.0 Å². The number of hydrogen-bond donors (Lipinski definition) is 0. The van der Waals surface area contributed by atoms with Crippen molar-refractivity contribution in [2.75, 3.05) is 0 Å². The van der Waals surface area contributed by atoms with E-state index >= 15 is 0 Å². The Kier molecular flexibility index (Phi) is 12.6. The van der Waals surface area contributed by atoms with Crippen LogP contribution < -0.4 is 5.19 Å². The summed E-state index contributed by atoms with van der Waals surface area (Å²) < 4.78 is 17.7. The van der Waals surface area contributed by atoms with Crippen molar-refractivity contribution in [1.29, 1.82) is 0 Å². The minimum Gasteiger partial charge on any atom is -0.501 e. The zero-order valence-electron chi connectivity index (χ0n) is 42.7. The number of hydrogen-bond acceptors (Lipinski definition) is 3. The van der Waals surface area contributed by atoms with Gasteiger partial charge in [-0.05, 0) is 103 Å². The summed E-state index contributed by atoms with van der Waals surface area (Å²) >= 11 is 0. The topological polar surface area (TPSA) is 43.9 Å². The van der Waals surface area contributed by atoms with Crippen molar-refractivity contribution >= 4 is 46.2 Å². The molecule has 1 aliphatic rings. The molecule has 0 spiro atoms. The van der Waals surface area contributed by atoms with E-state index in [1.165, 1.54) is 60.8 Å². The Morgan fingerprint density at radius 1 is 0.681 bits per heavy atom.